The molecule has 1 saturated heterocycles. The van der Waals surface area contributed by atoms with E-state index in [1.165, 1.54) is 35.7 Å². The summed E-state index contributed by atoms with van der Waals surface area (Å²) in [6, 6.07) is 3.75. The van der Waals surface area contributed by atoms with Crippen LogP contribution in [0.4, 0.5) is 11.4 Å². The molecule has 148 valence electrons. The molecule has 0 radical (unpaired) electrons. The van der Waals surface area contributed by atoms with E-state index in [0.717, 1.165) is 18.9 Å². The van der Waals surface area contributed by atoms with Crippen LogP contribution in [0.1, 0.15) is 32.1 Å². The topological polar surface area (TPSA) is 114 Å². The number of benzene rings is 1. The van der Waals surface area contributed by atoms with Crippen molar-refractivity contribution in [3.8, 4) is 0 Å². The number of ether oxygens (including phenoxy) is 1. The highest BCUT2D eigenvalue weighted by atomic mass is 32.2. The zero-order chi connectivity index (χ0) is 19.3. The summed E-state index contributed by atoms with van der Waals surface area (Å²) >= 11 is 0. The molecule has 10 heteroatoms. The van der Waals surface area contributed by atoms with Gasteiger partial charge in [-0.15, -0.1) is 0 Å². The molecule has 0 unspecified atom stereocenters. The summed E-state index contributed by atoms with van der Waals surface area (Å²) in [4.78, 5) is 10.4. The van der Waals surface area contributed by atoms with E-state index in [4.69, 9.17) is 4.74 Å². The molecule has 1 saturated carbocycles. The highest BCUT2D eigenvalue weighted by molar-refractivity contribution is 7.89. The molecule has 3 rings (SSSR count). The second-order valence-electron chi connectivity index (χ2n) is 6.74. The number of nitrogens with one attached hydrogen (secondary N) is 1. The molecular formula is C17H24N4O5S. The number of morpholine rings is 1. The Morgan fingerprint density at radius 2 is 1.93 bits per heavy atom. The Morgan fingerprint density at radius 1 is 1.22 bits per heavy atom. The predicted molar refractivity (Wildman–Crippen MR) is 101 cm³/mol. The van der Waals surface area contributed by atoms with Gasteiger partial charge in [0.1, 0.15) is 4.90 Å². The van der Waals surface area contributed by atoms with E-state index >= 15 is 0 Å². The van der Waals surface area contributed by atoms with Gasteiger partial charge in [-0.05, 0) is 24.8 Å². The van der Waals surface area contributed by atoms with Crippen LogP contribution in [0.25, 0.3) is 0 Å². The zero-order valence-corrected chi connectivity index (χ0v) is 15.9. The summed E-state index contributed by atoms with van der Waals surface area (Å²) in [5.74, 6) is 0.378. The van der Waals surface area contributed by atoms with Crippen molar-refractivity contribution in [3.05, 3.63) is 28.3 Å². The molecule has 2 aliphatic rings. The lowest BCUT2D eigenvalue weighted by Gasteiger charge is -2.26. The molecule has 27 heavy (non-hydrogen) atoms. The smallest absolute Gasteiger partial charge is 0.270 e. The van der Waals surface area contributed by atoms with Gasteiger partial charge in [-0.25, -0.2) is 8.42 Å². The van der Waals surface area contributed by atoms with Crippen molar-refractivity contribution in [3.63, 3.8) is 0 Å². The standard InChI is InChI=1S/C17H24N4O5S/c22-21(23)15-6-7-16(19-18-13-14-4-2-1-3-5-14)17(12-15)27(24,25)20-8-10-26-11-9-20/h6-7,12-14,19H,1-5,8-11H2/b18-13-. The first kappa shape index (κ1) is 19.7. The van der Waals surface area contributed by atoms with Crippen molar-refractivity contribution in [2.75, 3.05) is 31.7 Å². The minimum atomic E-state index is -3.89. The van der Waals surface area contributed by atoms with E-state index in [0.29, 0.717) is 19.1 Å². The lowest BCUT2D eigenvalue weighted by molar-refractivity contribution is -0.385. The van der Waals surface area contributed by atoms with E-state index < -0.39 is 14.9 Å². The molecule has 0 aromatic heterocycles. The maximum Gasteiger partial charge on any atom is 0.270 e. The van der Waals surface area contributed by atoms with Gasteiger partial charge < -0.3 is 4.74 Å². The van der Waals surface area contributed by atoms with Crippen LogP contribution in [-0.2, 0) is 14.8 Å². The Labute approximate surface area is 158 Å². The third-order valence-electron chi connectivity index (χ3n) is 4.88. The van der Waals surface area contributed by atoms with Gasteiger partial charge in [-0.2, -0.15) is 9.41 Å². The van der Waals surface area contributed by atoms with Crippen molar-refractivity contribution >= 4 is 27.6 Å². The van der Waals surface area contributed by atoms with Gasteiger partial charge in [0.25, 0.3) is 5.69 Å². The second-order valence-corrected chi connectivity index (χ2v) is 8.65. The summed E-state index contributed by atoms with van der Waals surface area (Å²) < 4.78 is 32.5. The van der Waals surface area contributed by atoms with Crippen LogP contribution in [0.15, 0.2) is 28.2 Å². The highest BCUT2D eigenvalue weighted by Crippen LogP contribution is 2.30. The maximum absolute atomic E-state index is 13.0. The fourth-order valence-corrected chi connectivity index (χ4v) is 4.92. The van der Waals surface area contributed by atoms with Gasteiger partial charge in [0.2, 0.25) is 10.0 Å². The van der Waals surface area contributed by atoms with Crippen LogP contribution >= 0.6 is 0 Å². The largest absolute Gasteiger partial charge is 0.379 e. The first-order valence-electron chi connectivity index (χ1n) is 9.14. The normalized spacial score (nSPS) is 20.0. The molecular weight excluding hydrogens is 372 g/mol. The highest BCUT2D eigenvalue weighted by Gasteiger charge is 2.30. The number of rotatable bonds is 6. The van der Waals surface area contributed by atoms with Crippen molar-refractivity contribution in [2.45, 2.75) is 37.0 Å². The molecule has 1 aliphatic carbocycles. The number of nitrogens with zero attached hydrogens (tertiary/aromatic N) is 3. The summed E-state index contributed by atoms with van der Waals surface area (Å²) in [5.41, 5.74) is 2.74. The van der Waals surface area contributed by atoms with E-state index in [1.807, 2.05) is 6.21 Å². The number of hydrogen-bond donors (Lipinski definition) is 1. The average Bonchev–Trinajstić information content (AvgIpc) is 2.69. The Bertz CT molecular complexity index is 800. The number of anilines is 1. The molecule has 1 heterocycles. The summed E-state index contributed by atoms with van der Waals surface area (Å²) in [6.45, 7) is 1.04. The van der Waals surface area contributed by atoms with Gasteiger partial charge in [0, 0.05) is 31.4 Å². The van der Waals surface area contributed by atoms with E-state index in [1.54, 1.807) is 0 Å². The van der Waals surface area contributed by atoms with Crippen LogP contribution in [0.2, 0.25) is 0 Å². The lowest BCUT2D eigenvalue weighted by Crippen LogP contribution is -2.40. The molecule has 1 aromatic carbocycles. The van der Waals surface area contributed by atoms with Gasteiger partial charge in [0.05, 0.1) is 23.8 Å². The van der Waals surface area contributed by atoms with Crippen LogP contribution < -0.4 is 5.43 Å². The minimum Gasteiger partial charge on any atom is -0.379 e. The van der Waals surface area contributed by atoms with Crippen LogP contribution in [0.3, 0.4) is 0 Å². The van der Waals surface area contributed by atoms with E-state index in [9.17, 15) is 18.5 Å². The molecule has 9 nitrogen and oxygen atoms in total. The van der Waals surface area contributed by atoms with Gasteiger partial charge in [-0.3, -0.25) is 15.5 Å². The van der Waals surface area contributed by atoms with Crippen molar-refractivity contribution in [2.24, 2.45) is 11.0 Å². The van der Waals surface area contributed by atoms with Crippen LogP contribution in [0, 0.1) is 16.0 Å². The minimum absolute atomic E-state index is 0.139. The maximum atomic E-state index is 13.0. The predicted octanol–water partition coefficient (Wildman–Crippen LogP) is 2.59. The Kier molecular flexibility index (Phi) is 6.40. The molecule has 0 atom stereocenters. The number of nitro benzene ring substituents is 1. The Morgan fingerprint density at radius 3 is 2.59 bits per heavy atom. The van der Waals surface area contributed by atoms with Crippen LogP contribution in [-0.4, -0.2) is 50.2 Å². The molecule has 1 N–H and O–H groups in total. The number of nitro groups is 1. The molecule has 0 amide bonds. The molecule has 2 fully saturated rings. The quantitative estimate of drug-likeness (QED) is 0.449. The monoisotopic (exact) mass is 396 g/mol. The molecule has 1 aromatic rings. The lowest BCUT2D eigenvalue weighted by atomic mass is 9.90. The van der Waals surface area contributed by atoms with Crippen LogP contribution in [0.5, 0.6) is 0 Å². The number of hydrogen-bond acceptors (Lipinski definition) is 7. The first-order chi connectivity index (χ1) is 13.0. The first-order valence-corrected chi connectivity index (χ1v) is 10.6. The Hall–Kier alpha value is -2.04. The SMILES string of the molecule is O=[N+]([O-])c1ccc(N/N=C\C2CCCCC2)c(S(=O)(=O)N2CCOCC2)c1. The van der Waals surface area contributed by atoms with Crippen molar-refractivity contribution < 1.29 is 18.1 Å². The van der Waals surface area contributed by atoms with E-state index in [2.05, 4.69) is 10.5 Å². The average molecular weight is 396 g/mol. The zero-order valence-electron chi connectivity index (χ0n) is 15.0. The van der Waals surface area contributed by atoms with E-state index in [-0.39, 0.29) is 29.4 Å². The number of non-ortho nitro benzene ring substituents is 1. The molecule has 0 spiro atoms. The van der Waals surface area contributed by atoms with Crippen molar-refractivity contribution in [1.82, 2.24) is 4.31 Å². The summed E-state index contributed by atoms with van der Waals surface area (Å²) in [7, 11) is -3.89. The third-order valence-corrected chi connectivity index (χ3v) is 6.82. The van der Waals surface area contributed by atoms with Gasteiger partial charge >= 0.3 is 0 Å². The van der Waals surface area contributed by atoms with Crippen molar-refractivity contribution in [1.29, 1.82) is 0 Å². The molecule has 1 aliphatic heterocycles. The second kappa shape index (κ2) is 8.77. The van der Waals surface area contributed by atoms with Gasteiger partial charge in [-0.1, -0.05) is 19.3 Å². The van der Waals surface area contributed by atoms with Gasteiger partial charge in [0.15, 0.2) is 0 Å². The fourth-order valence-electron chi connectivity index (χ4n) is 3.35. The summed E-state index contributed by atoms with van der Waals surface area (Å²) in [6.07, 6.45) is 7.54. The number of sulfonamides is 1. The number of hydrazone groups is 1. The third kappa shape index (κ3) is 4.82. The fraction of sp³-hybridized carbons (Fsp3) is 0.588. The Balaban J connectivity index is 1.86. The molecule has 0 bridgehead atoms. The summed E-state index contributed by atoms with van der Waals surface area (Å²) in [5, 5.41) is 15.3.